The lowest BCUT2D eigenvalue weighted by Gasteiger charge is -2.42. The molecule has 5 nitrogen and oxygen atoms in total. The number of nitrogens with one attached hydrogen (secondary N) is 2. The molecule has 2 aliphatic rings. The summed E-state index contributed by atoms with van der Waals surface area (Å²) in [5.41, 5.74) is 4.88. The Morgan fingerprint density at radius 3 is 2.05 bits per heavy atom. The third-order valence-corrected chi connectivity index (χ3v) is 10.3. The smallest absolute Gasteiger partial charge is 0.251 e. The second kappa shape index (κ2) is 15.6. The number of fused-ring (bicyclic) bond motifs is 1. The minimum atomic E-state index is -0.191. The fourth-order valence-electron chi connectivity index (χ4n) is 4.96. The zero-order valence-corrected chi connectivity index (χ0v) is 26.9. The number of hydrogen-bond acceptors (Lipinski definition) is 5. The van der Waals surface area contributed by atoms with Crippen molar-refractivity contribution < 1.29 is 14.4 Å². The molecule has 0 aromatic heterocycles. The molecular weight excluding hydrogens is 549 g/mol. The first kappa shape index (κ1) is 33.0. The lowest BCUT2D eigenvalue weighted by atomic mass is 9.63. The van der Waals surface area contributed by atoms with Gasteiger partial charge in [0.2, 0.25) is 5.91 Å². The molecule has 4 rings (SSSR count). The number of hydrogen-bond donors (Lipinski definition) is 2. The van der Waals surface area contributed by atoms with Crippen LogP contribution in [0.1, 0.15) is 111 Å². The van der Waals surface area contributed by atoms with Crippen LogP contribution in [0, 0.1) is 0 Å². The topological polar surface area (TPSA) is 75.3 Å². The zero-order valence-electron chi connectivity index (χ0n) is 25.3. The van der Waals surface area contributed by atoms with Crippen molar-refractivity contribution >= 4 is 45.3 Å². The van der Waals surface area contributed by atoms with E-state index in [2.05, 4.69) is 50.5 Å². The Kier molecular flexibility index (Phi) is 12.6. The van der Waals surface area contributed by atoms with Gasteiger partial charge in [0, 0.05) is 42.1 Å². The molecule has 2 amide bonds. The third kappa shape index (κ3) is 10.1. The van der Waals surface area contributed by atoms with Crippen molar-refractivity contribution in [1.29, 1.82) is 0 Å². The maximum atomic E-state index is 12.9. The zero-order chi connectivity index (χ0) is 29.9. The highest BCUT2D eigenvalue weighted by molar-refractivity contribution is 8.77. The summed E-state index contributed by atoms with van der Waals surface area (Å²) in [4.78, 5) is 36.9. The Labute approximate surface area is 254 Å². The monoisotopic (exact) mass is 594 g/mol. The van der Waals surface area contributed by atoms with Crippen LogP contribution in [0.4, 0.5) is 0 Å². The van der Waals surface area contributed by atoms with E-state index in [0.29, 0.717) is 30.6 Å². The number of amides is 2. The Morgan fingerprint density at radius 1 is 0.829 bits per heavy atom. The molecule has 1 fully saturated rings. The quantitative estimate of drug-likeness (QED) is 0.127. The van der Waals surface area contributed by atoms with Crippen LogP contribution in [-0.2, 0) is 15.6 Å². The molecule has 0 spiro atoms. The van der Waals surface area contributed by atoms with Crippen molar-refractivity contribution in [2.75, 3.05) is 24.6 Å². The number of benzene rings is 2. The molecule has 0 atom stereocenters. The summed E-state index contributed by atoms with van der Waals surface area (Å²) >= 11 is 0. The average molecular weight is 595 g/mol. The molecule has 41 heavy (non-hydrogen) atoms. The van der Waals surface area contributed by atoms with E-state index in [0.717, 1.165) is 31.2 Å². The molecule has 0 radical (unpaired) electrons. The van der Waals surface area contributed by atoms with Gasteiger partial charge in [-0.05, 0) is 77.5 Å². The number of unbranched alkanes of at least 4 members (excludes halogenated alkanes) is 1. The van der Waals surface area contributed by atoms with Gasteiger partial charge in [-0.1, -0.05) is 93.0 Å². The van der Waals surface area contributed by atoms with Gasteiger partial charge in [0.15, 0.2) is 5.78 Å². The van der Waals surface area contributed by atoms with Gasteiger partial charge in [-0.3, -0.25) is 14.4 Å². The summed E-state index contributed by atoms with van der Waals surface area (Å²) in [5.74, 6) is 2.55. The van der Waals surface area contributed by atoms with Crippen molar-refractivity contribution in [3.63, 3.8) is 0 Å². The van der Waals surface area contributed by atoms with Crippen LogP contribution in [0.15, 0.2) is 48.5 Å². The highest BCUT2D eigenvalue weighted by atomic mass is 33.1. The second-order valence-corrected chi connectivity index (χ2v) is 14.8. The molecule has 222 valence electrons. The van der Waals surface area contributed by atoms with E-state index < -0.39 is 0 Å². The highest BCUT2D eigenvalue weighted by Crippen LogP contribution is 2.45. The van der Waals surface area contributed by atoms with Crippen LogP contribution >= 0.6 is 21.6 Å². The molecule has 2 aromatic carbocycles. The average Bonchev–Trinajstić information content (AvgIpc) is 3.56. The van der Waals surface area contributed by atoms with Crippen molar-refractivity contribution in [1.82, 2.24) is 10.6 Å². The van der Waals surface area contributed by atoms with Crippen LogP contribution in [0.2, 0.25) is 0 Å². The summed E-state index contributed by atoms with van der Waals surface area (Å²) in [7, 11) is 3.98. The molecule has 1 aliphatic carbocycles. The van der Waals surface area contributed by atoms with Crippen molar-refractivity contribution in [2.45, 2.75) is 84.0 Å². The van der Waals surface area contributed by atoms with Crippen LogP contribution < -0.4 is 10.6 Å². The lowest BCUT2D eigenvalue weighted by Crippen LogP contribution is -2.34. The summed E-state index contributed by atoms with van der Waals surface area (Å²) in [6.45, 7) is 11.9. The first-order valence-corrected chi connectivity index (χ1v) is 17.3. The van der Waals surface area contributed by atoms with E-state index in [4.69, 9.17) is 0 Å². The van der Waals surface area contributed by atoms with Crippen LogP contribution in [0.3, 0.4) is 0 Å². The van der Waals surface area contributed by atoms with Gasteiger partial charge in [0.1, 0.15) is 0 Å². The van der Waals surface area contributed by atoms with Gasteiger partial charge in [-0.25, -0.2) is 0 Å². The van der Waals surface area contributed by atoms with E-state index >= 15 is 0 Å². The van der Waals surface area contributed by atoms with E-state index in [9.17, 15) is 14.4 Å². The maximum absolute atomic E-state index is 12.9. The SMILES string of the molecule is C1CSSC1.CCCCC(=O)NCCNC(=O)c1ccc(/C=C/C(=O)c2ccc3c(c2)C(C)(C)CCC3(C)C)cc1. The Bertz CT molecular complexity index is 1210. The minimum absolute atomic E-state index is 0.0136. The number of carbonyl (C=O) groups excluding carboxylic acids is 3. The molecule has 2 N–H and O–H groups in total. The summed E-state index contributed by atoms with van der Waals surface area (Å²) < 4.78 is 0. The highest BCUT2D eigenvalue weighted by Gasteiger charge is 2.37. The van der Waals surface area contributed by atoms with Crippen LogP contribution in [0.5, 0.6) is 0 Å². The fourth-order valence-corrected chi connectivity index (χ4v) is 7.31. The first-order valence-electron chi connectivity index (χ1n) is 14.8. The Morgan fingerprint density at radius 2 is 1.44 bits per heavy atom. The van der Waals surface area contributed by atoms with Crippen molar-refractivity contribution in [3.05, 3.63) is 76.4 Å². The number of rotatable bonds is 10. The van der Waals surface area contributed by atoms with Gasteiger partial charge in [-0.15, -0.1) is 0 Å². The van der Waals surface area contributed by atoms with Gasteiger partial charge in [0.25, 0.3) is 5.91 Å². The first-order chi connectivity index (χ1) is 19.5. The summed E-state index contributed by atoms with van der Waals surface area (Å²) in [5, 5.41) is 5.62. The van der Waals surface area contributed by atoms with Gasteiger partial charge >= 0.3 is 0 Å². The van der Waals surface area contributed by atoms with Crippen LogP contribution in [0.25, 0.3) is 6.08 Å². The molecule has 0 bridgehead atoms. The van der Waals surface area contributed by atoms with E-state index in [1.165, 1.54) is 29.1 Å². The van der Waals surface area contributed by atoms with Gasteiger partial charge in [-0.2, -0.15) is 0 Å². The fraction of sp³-hybridized carbons (Fsp3) is 0.500. The van der Waals surface area contributed by atoms with Gasteiger partial charge < -0.3 is 10.6 Å². The summed E-state index contributed by atoms with van der Waals surface area (Å²) in [6.07, 6.45) is 9.42. The molecule has 1 saturated heterocycles. The van der Waals surface area contributed by atoms with E-state index in [1.807, 2.05) is 46.7 Å². The number of ketones is 1. The molecule has 0 unspecified atom stereocenters. The predicted molar refractivity (Wildman–Crippen MR) is 176 cm³/mol. The van der Waals surface area contributed by atoms with E-state index in [-0.39, 0.29) is 28.4 Å². The minimum Gasteiger partial charge on any atom is -0.354 e. The Balaban J connectivity index is 0.000000832. The number of carbonyl (C=O) groups is 3. The van der Waals surface area contributed by atoms with Crippen molar-refractivity contribution in [2.24, 2.45) is 0 Å². The third-order valence-electron chi connectivity index (χ3n) is 7.77. The standard InChI is InChI=1S/C31H40N2O3.C3H6S2/c1-6-7-8-28(35)32-19-20-33-29(36)23-12-9-22(10-13-23)11-16-27(34)24-14-15-25-26(21-24)31(4,5)18-17-30(25,2)3;1-2-4-5-3-1/h9-16,21H,6-8,17-20H2,1-5H3,(H,32,35)(H,33,36);1-3H2/b16-11+;. The van der Waals surface area contributed by atoms with Gasteiger partial charge in [0.05, 0.1) is 0 Å². The second-order valence-electron chi connectivity index (χ2n) is 12.1. The molecule has 1 aliphatic heterocycles. The Hall–Kier alpha value is -2.51. The number of allylic oxidation sites excluding steroid dienone is 1. The molecule has 7 heteroatoms. The normalized spacial score (nSPS) is 16.8. The van der Waals surface area contributed by atoms with E-state index in [1.54, 1.807) is 24.3 Å². The predicted octanol–water partition coefficient (Wildman–Crippen LogP) is 7.74. The molecule has 2 aromatic rings. The lowest BCUT2D eigenvalue weighted by molar-refractivity contribution is -0.121. The summed E-state index contributed by atoms with van der Waals surface area (Å²) in [6, 6.07) is 13.3. The molecular formula is C34H46N2O3S2. The largest absolute Gasteiger partial charge is 0.354 e. The van der Waals surface area contributed by atoms with Crippen LogP contribution in [-0.4, -0.2) is 42.2 Å². The maximum Gasteiger partial charge on any atom is 0.251 e. The molecule has 1 heterocycles. The molecule has 0 saturated carbocycles. The van der Waals surface area contributed by atoms with Crippen molar-refractivity contribution in [3.8, 4) is 0 Å².